The number of rotatable bonds is 1. The zero-order chi connectivity index (χ0) is 15.4. The van der Waals surface area contributed by atoms with Crippen molar-refractivity contribution in [2.75, 3.05) is 19.6 Å². The fraction of sp³-hybridized carbons (Fsp3) is 0.500. The van der Waals surface area contributed by atoms with Gasteiger partial charge in [0.15, 0.2) is 0 Å². The van der Waals surface area contributed by atoms with Crippen LogP contribution < -0.4 is 5.73 Å². The Bertz CT molecular complexity index is 583. The summed E-state index contributed by atoms with van der Waals surface area (Å²) in [7, 11) is 0. The summed E-state index contributed by atoms with van der Waals surface area (Å²) in [5.74, 6) is 7.27. The summed E-state index contributed by atoms with van der Waals surface area (Å²) < 4.78 is 0. The number of carbonyl (C=O) groups excluding carboxylic acids is 1. The Balaban J connectivity index is 2.20. The molecule has 2 atom stereocenters. The number of hydrogen-bond acceptors (Lipinski definition) is 2. The standard InChI is InChI=1S/C18H24N2O/c1-13-8-10-20(12-15(13)3)18(21)17-7-6-14(2)16(11-17)5-4-9-19/h6-7,11,13,15H,8-10,12,19H2,1-3H3. The van der Waals surface area contributed by atoms with Gasteiger partial charge >= 0.3 is 0 Å². The largest absolute Gasteiger partial charge is 0.338 e. The zero-order valence-electron chi connectivity index (χ0n) is 13.1. The summed E-state index contributed by atoms with van der Waals surface area (Å²) in [6.45, 7) is 8.51. The molecule has 1 saturated heterocycles. The van der Waals surface area contributed by atoms with Gasteiger partial charge in [0.05, 0.1) is 6.54 Å². The van der Waals surface area contributed by atoms with Gasteiger partial charge in [-0.25, -0.2) is 0 Å². The summed E-state index contributed by atoms with van der Waals surface area (Å²) in [6, 6.07) is 5.75. The van der Waals surface area contributed by atoms with Crippen LogP contribution >= 0.6 is 0 Å². The topological polar surface area (TPSA) is 46.3 Å². The minimum atomic E-state index is 0.115. The maximum absolute atomic E-state index is 12.6. The van der Waals surface area contributed by atoms with E-state index in [1.807, 2.05) is 30.0 Å². The van der Waals surface area contributed by atoms with Crippen LogP contribution in [0.2, 0.25) is 0 Å². The van der Waals surface area contributed by atoms with E-state index in [0.717, 1.165) is 36.2 Å². The molecular weight excluding hydrogens is 260 g/mol. The maximum Gasteiger partial charge on any atom is 0.253 e. The molecule has 3 heteroatoms. The molecular formula is C18H24N2O. The summed E-state index contributed by atoms with van der Waals surface area (Å²) in [5, 5.41) is 0. The average molecular weight is 284 g/mol. The second-order valence-corrected chi connectivity index (χ2v) is 6.03. The third-order valence-corrected chi connectivity index (χ3v) is 4.43. The molecule has 2 N–H and O–H groups in total. The number of hydrogen-bond donors (Lipinski definition) is 1. The van der Waals surface area contributed by atoms with Crippen molar-refractivity contribution in [1.82, 2.24) is 4.90 Å². The van der Waals surface area contributed by atoms with Gasteiger partial charge in [-0.15, -0.1) is 0 Å². The molecule has 1 aromatic rings. The summed E-state index contributed by atoms with van der Waals surface area (Å²) in [5.41, 5.74) is 8.12. The minimum Gasteiger partial charge on any atom is -0.338 e. The highest BCUT2D eigenvalue weighted by atomic mass is 16.2. The SMILES string of the molecule is Cc1ccc(C(=O)N2CCC(C)C(C)C2)cc1C#CCN. The highest BCUT2D eigenvalue weighted by Crippen LogP contribution is 2.24. The van der Waals surface area contributed by atoms with Gasteiger partial charge in [0, 0.05) is 24.2 Å². The van der Waals surface area contributed by atoms with E-state index in [1.165, 1.54) is 0 Å². The summed E-state index contributed by atoms with van der Waals surface area (Å²) in [4.78, 5) is 14.6. The molecule has 3 nitrogen and oxygen atoms in total. The molecule has 1 aliphatic rings. The van der Waals surface area contributed by atoms with Crippen LogP contribution in [0.25, 0.3) is 0 Å². The van der Waals surface area contributed by atoms with Crippen LogP contribution in [0.4, 0.5) is 0 Å². The van der Waals surface area contributed by atoms with Crippen molar-refractivity contribution in [3.05, 3.63) is 34.9 Å². The van der Waals surface area contributed by atoms with Gasteiger partial charge in [-0.05, 0) is 42.9 Å². The lowest BCUT2D eigenvalue weighted by molar-refractivity contribution is 0.0627. The Hall–Kier alpha value is -1.79. The quantitative estimate of drug-likeness (QED) is 0.805. The molecule has 0 radical (unpaired) electrons. The number of likely N-dealkylation sites (tertiary alicyclic amines) is 1. The molecule has 0 aromatic heterocycles. The van der Waals surface area contributed by atoms with Gasteiger partial charge in [0.2, 0.25) is 0 Å². The molecule has 2 unspecified atom stereocenters. The van der Waals surface area contributed by atoms with Crippen molar-refractivity contribution in [2.24, 2.45) is 17.6 Å². The third kappa shape index (κ3) is 3.65. The Morgan fingerprint density at radius 3 is 2.81 bits per heavy atom. The lowest BCUT2D eigenvalue weighted by atomic mass is 9.88. The second-order valence-electron chi connectivity index (χ2n) is 6.03. The van der Waals surface area contributed by atoms with Crippen LogP contribution in [0.15, 0.2) is 18.2 Å². The number of nitrogens with two attached hydrogens (primary N) is 1. The van der Waals surface area contributed by atoms with Gasteiger partial charge in [-0.1, -0.05) is 31.8 Å². The van der Waals surface area contributed by atoms with Gasteiger partial charge in [0.1, 0.15) is 0 Å². The Morgan fingerprint density at radius 2 is 2.14 bits per heavy atom. The summed E-state index contributed by atoms with van der Waals surface area (Å²) >= 11 is 0. The van der Waals surface area contributed by atoms with Crippen LogP contribution in [0.5, 0.6) is 0 Å². The first-order chi connectivity index (χ1) is 10.0. The normalized spacial score (nSPS) is 21.6. The maximum atomic E-state index is 12.6. The molecule has 1 heterocycles. The fourth-order valence-electron chi connectivity index (χ4n) is 2.67. The monoisotopic (exact) mass is 284 g/mol. The minimum absolute atomic E-state index is 0.115. The molecule has 0 aliphatic carbocycles. The third-order valence-electron chi connectivity index (χ3n) is 4.43. The highest BCUT2D eigenvalue weighted by Gasteiger charge is 2.26. The van der Waals surface area contributed by atoms with E-state index in [-0.39, 0.29) is 5.91 Å². The van der Waals surface area contributed by atoms with Crippen LogP contribution in [0.1, 0.15) is 41.8 Å². The lowest BCUT2D eigenvalue weighted by Gasteiger charge is -2.35. The first-order valence-corrected chi connectivity index (χ1v) is 7.61. The smallest absolute Gasteiger partial charge is 0.253 e. The predicted molar refractivity (Wildman–Crippen MR) is 86.0 cm³/mol. The first-order valence-electron chi connectivity index (χ1n) is 7.61. The highest BCUT2D eigenvalue weighted by molar-refractivity contribution is 5.94. The van der Waals surface area contributed by atoms with Gasteiger partial charge in [-0.3, -0.25) is 4.79 Å². The number of benzene rings is 1. The van der Waals surface area contributed by atoms with E-state index in [4.69, 9.17) is 5.73 Å². The van der Waals surface area contributed by atoms with Crippen molar-refractivity contribution in [3.63, 3.8) is 0 Å². The zero-order valence-corrected chi connectivity index (χ0v) is 13.1. The molecule has 2 rings (SSSR count). The van der Waals surface area contributed by atoms with Crippen molar-refractivity contribution >= 4 is 5.91 Å². The van der Waals surface area contributed by atoms with Crippen molar-refractivity contribution in [3.8, 4) is 11.8 Å². The number of nitrogens with zero attached hydrogens (tertiary/aromatic N) is 1. The number of amides is 1. The molecule has 112 valence electrons. The average Bonchev–Trinajstić information content (AvgIpc) is 2.48. The molecule has 0 bridgehead atoms. The lowest BCUT2D eigenvalue weighted by Crippen LogP contribution is -2.42. The van der Waals surface area contributed by atoms with Gasteiger partial charge in [-0.2, -0.15) is 0 Å². The van der Waals surface area contributed by atoms with Crippen LogP contribution in [-0.2, 0) is 0 Å². The number of aryl methyl sites for hydroxylation is 1. The molecule has 0 spiro atoms. The van der Waals surface area contributed by atoms with E-state index in [2.05, 4.69) is 25.7 Å². The van der Waals surface area contributed by atoms with Crippen LogP contribution in [0, 0.1) is 30.6 Å². The Kier molecular flexibility index (Phi) is 5.03. The predicted octanol–water partition coefficient (Wildman–Crippen LogP) is 2.42. The van der Waals surface area contributed by atoms with Gasteiger partial charge in [0.25, 0.3) is 5.91 Å². The van der Waals surface area contributed by atoms with Crippen molar-refractivity contribution in [1.29, 1.82) is 0 Å². The van der Waals surface area contributed by atoms with Crippen LogP contribution in [-0.4, -0.2) is 30.4 Å². The molecule has 1 amide bonds. The number of piperidine rings is 1. The van der Waals surface area contributed by atoms with Crippen molar-refractivity contribution < 1.29 is 4.79 Å². The molecule has 21 heavy (non-hydrogen) atoms. The van der Waals surface area contributed by atoms with Crippen molar-refractivity contribution in [2.45, 2.75) is 27.2 Å². The Morgan fingerprint density at radius 1 is 1.38 bits per heavy atom. The Labute approximate surface area is 127 Å². The second kappa shape index (κ2) is 6.78. The molecule has 1 fully saturated rings. The van der Waals surface area contributed by atoms with Crippen LogP contribution in [0.3, 0.4) is 0 Å². The summed E-state index contributed by atoms with van der Waals surface area (Å²) in [6.07, 6.45) is 1.08. The van der Waals surface area contributed by atoms with E-state index in [9.17, 15) is 4.79 Å². The first kappa shape index (κ1) is 15.6. The molecule has 1 aliphatic heterocycles. The van der Waals surface area contributed by atoms with E-state index < -0.39 is 0 Å². The fourth-order valence-corrected chi connectivity index (χ4v) is 2.67. The van der Waals surface area contributed by atoms with E-state index in [0.29, 0.717) is 18.4 Å². The van der Waals surface area contributed by atoms with Gasteiger partial charge < -0.3 is 10.6 Å². The van der Waals surface area contributed by atoms with E-state index >= 15 is 0 Å². The van der Waals surface area contributed by atoms with E-state index in [1.54, 1.807) is 0 Å². The molecule has 1 aromatic carbocycles. The molecule has 0 saturated carbocycles. The number of carbonyl (C=O) groups is 1.